The van der Waals surface area contributed by atoms with Crippen LogP contribution in [-0.2, 0) is 9.59 Å². The van der Waals surface area contributed by atoms with E-state index in [9.17, 15) is 9.59 Å². The molecule has 124 valence electrons. The minimum Gasteiger partial charge on any atom is -0.484 e. The number of nitrogens with zero attached hydrogens (tertiary/aromatic N) is 1. The average molecular weight is 345 g/mol. The minimum absolute atomic E-state index is 0.127. The summed E-state index contributed by atoms with van der Waals surface area (Å²) in [4.78, 5) is 26.4. The van der Waals surface area contributed by atoms with Gasteiger partial charge in [0.15, 0.2) is 6.61 Å². The second-order valence-electron chi connectivity index (χ2n) is 5.43. The van der Waals surface area contributed by atoms with Gasteiger partial charge in [0.1, 0.15) is 11.8 Å². The fourth-order valence-electron chi connectivity index (χ4n) is 2.66. The number of hydrogen-bond donors (Lipinski definition) is 1. The van der Waals surface area contributed by atoms with Crippen LogP contribution in [0.25, 0.3) is 0 Å². The lowest BCUT2D eigenvalue weighted by Crippen LogP contribution is -2.53. The summed E-state index contributed by atoms with van der Waals surface area (Å²) in [7, 11) is 0. The molecular weight excluding hydrogens is 328 g/mol. The molecule has 0 bridgehead atoms. The average Bonchev–Trinajstić information content (AvgIpc) is 2.61. The monoisotopic (exact) mass is 344 g/mol. The fraction of sp³-hybridized carbons (Fsp3) is 0.222. The Morgan fingerprint density at radius 3 is 2.58 bits per heavy atom. The maximum Gasteiger partial charge on any atom is 0.261 e. The van der Waals surface area contributed by atoms with E-state index in [-0.39, 0.29) is 18.4 Å². The van der Waals surface area contributed by atoms with Crippen LogP contribution in [0.5, 0.6) is 5.75 Å². The van der Waals surface area contributed by atoms with Gasteiger partial charge in [0.2, 0.25) is 5.91 Å². The summed E-state index contributed by atoms with van der Waals surface area (Å²) in [6, 6.07) is 15.4. The van der Waals surface area contributed by atoms with Gasteiger partial charge in [-0.1, -0.05) is 41.9 Å². The van der Waals surface area contributed by atoms with Crippen LogP contribution < -0.4 is 10.1 Å². The Morgan fingerprint density at radius 1 is 1.17 bits per heavy atom. The zero-order valence-corrected chi connectivity index (χ0v) is 13.7. The standard InChI is InChI=1S/C18H17ClN2O3/c19-14-6-8-15(9-7-14)24-12-16(22)21-11-10-20-18(23)17(21)13-4-2-1-3-5-13/h1-9,17H,10-12H2,(H,20,23). The molecule has 0 spiro atoms. The van der Waals surface area contributed by atoms with Crippen LogP contribution >= 0.6 is 11.6 Å². The molecule has 24 heavy (non-hydrogen) atoms. The van der Waals surface area contributed by atoms with E-state index in [1.165, 1.54) is 0 Å². The van der Waals surface area contributed by atoms with E-state index in [4.69, 9.17) is 16.3 Å². The van der Waals surface area contributed by atoms with E-state index in [1.807, 2.05) is 30.3 Å². The van der Waals surface area contributed by atoms with Gasteiger partial charge < -0.3 is 15.0 Å². The Morgan fingerprint density at radius 2 is 1.88 bits per heavy atom. The molecule has 1 aliphatic rings. The molecule has 2 amide bonds. The third-order valence-electron chi connectivity index (χ3n) is 3.82. The van der Waals surface area contributed by atoms with Crippen LogP contribution in [0, 0.1) is 0 Å². The van der Waals surface area contributed by atoms with Gasteiger partial charge in [-0.2, -0.15) is 0 Å². The second kappa shape index (κ2) is 7.36. The van der Waals surface area contributed by atoms with Crippen LogP contribution in [0.1, 0.15) is 11.6 Å². The first-order valence-corrected chi connectivity index (χ1v) is 8.03. The summed E-state index contributed by atoms with van der Waals surface area (Å²) in [5.74, 6) is 0.159. The van der Waals surface area contributed by atoms with Crippen LogP contribution in [-0.4, -0.2) is 36.4 Å². The third-order valence-corrected chi connectivity index (χ3v) is 4.08. The van der Waals surface area contributed by atoms with Crippen LogP contribution in [0.3, 0.4) is 0 Å². The number of piperazine rings is 1. The predicted molar refractivity (Wildman–Crippen MR) is 90.9 cm³/mol. The summed E-state index contributed by atoms with van der Waals surface area (Å²) in [5.41, 5.74) is 0.787. The molecule has 1 atom stereocenters. The number of amides is 2. The molecular formula is C18H17ClN2O3. The molecule has 3 rings (SSSR count). The molecule has 6 heteroatoms. The van der Waals surface area contributed by atoms with Crippen LogP contribution in [0.4, 0.5) is 0 Å². The molecule has 1 aliphatic heterocycles. The number of ether oxygens (including phenoxy) is 1. The highest BCUT2D eigenvalue weighted by molar-refractivity contribution is 6.30. The first-order valence-electron chi connectivity index (χ1n) is 7.65. The number of carbonyl (C=O) groups excluding carboxylic acids is 2. The van der Waals surface area contributed by atoms with Gasteiger partial charge in [-0.05, 0) is 29.8 Å². The van der Waals surface area contributed by atoms with Crippen molar-refractivity contribution in [3.05, 3.63) is 65.2 Å². The fourth-order valence-corrected chi connectivity index (χ4v) is 2.79. The highest BCUT2D eigenvalue weighted by atomic mass is 35.5. The smallest absolute Gasteiger partial charge is 0.261 e. The van der Waals surface area contributed by atoms with E-state index in [0.717, 1.165) is 5.56 Å². The first kappa shape index (κ1) is 16.3. The lowest BCUT2D eigenvalue weighted by molar-refractivity contribution is -0.145. The SMILES string of the molecule is O=C1NCCN(C(=O)COc2ccc(Cl)cc2)C1c1ccccc1. The molecule has 0 aliphatic carbocycles. The van der Waals surface area contributed by atoms with Crippen molar-refractivity contribution in [3.8, 4) is 5.75 Å². The van der Waals surface area contributed by atoms with E-state index in [2.05, 4.69) is 5.32 Å². The predicted octanol–water partition coefficient (Wildman–Crippen LogP) is 2.42. The van der Waals surface area contributed by atoms with Crippen molar-refractivity contribution in [2.45, 2.75) is 6.04 Å². The topological polar surface area (TPSA) is 58.6 Å². The van der Waals surface area contributed by atoms with Gasteiger partial charge in [0.05, 0.1) is 0 Å². The van der Waals surface area contributed by atoms with Crippen molar-refractivity contribution >= 4 is 23.4 Å². The number of halogens is 1. The van der Waals surface area contributed by atoms with E-state index >= 15 is 0 Å². The lowest BCUT2D eigenvalue weighted by atomic mass is 10.0. The number of rotatable bonds is 4. The maximum atomic E-state index is 12.6. The van der Waals surface area contributed by atoms with E-state index < -0.39 is 6.04 Å². The highest BCUT2D eigenvalue weighted by Crippen LogP contribution is 2.23. The zero-order chi connectivity index (χ0) is 16.9. The van der Waals surface area contributed by atoms with Crippen molar-refractivity contribution in [3.63, 3.8) is 0 Å². The second-order valence-corrected chi connectivity index (χ2v) is 5.87. The highest BCUT2D eigenvalue weighted by Gasteiger charge is 2.34. The van der Waals surface area contributed by atoms with Crippen LogP contribution in [0.2, 0.25) is 5.02 Å². The molecule has 0 aromatic heterocycles. The molecule has 1 N–H and O–H groups in total. The number of hydrogen-bond acceptors (Lipinski definition) is 3. The molecule has 0 saturated carbocycles. The minimum atomic E-state index is -0.624. The Kier molecular flexibility index (Phi) is 5.01. The molecule has 5 nitrogen and oxygen atoms in total. The van der Waals surface area contributed by atoms with E-state index in [0.29, 0.717) is 23.9 Å². The van der Waals surface area contributed by atoms with Gasteiger partial charge in [0, 0.05) is 18.1 Å². The molecule has 2 aromatic carbocycles. The van der Waals surface area contributed by atoms with Gasteiger partial charge >= 0.3 is 0 Å². The molecule has 0 radical (unpaired) electrons. The largest absolute Gasteiger partial charge is 0.484 e. The number of benzene rings is 2. The van der Waals surface area contributed by atoms with Gasteiger partial charge in [-0.3, -0.25) is 9.59 Å². The van der Waals surface area contributed by atoms with Gasteiger partial charge in [0.25, 0.3) is 5.91 Å². The molecule has 1 fully saturated rings. The van der Waals surface area contributed by atoms with Gasteiger partial charge in [-0.25, -0.2) is 0 Å². The quantitative estimate of drug-likeness (QED) is 0.926. The Labute approximate surface area is 145 Å². The third kappa shape index (κ3) is 3.68. The van der Waals surface area contributed by atoms with Gasteiger partial charge in [-0.15, -0.1) is 0 Å². The number of carbonyl (C=O) groups is 2. The van der Waals surface area contributed by atoms with Crippen LogP contribution in [0.15, 0.2) is 54.6 Å². The van der Waals surface area contributed by atoms with Crippen molar-refractivity contribution < 1.29 is 14.3 Å². The molecule has 1 unspecified atom stereocenters. The Balaban J connectivity index is 1.71. The lowest BCUT2D eigenvalue weighted by Gasteiger charge is -2.35. The Hall–Kier alpha value is -2.53. The van der Waals surface area contributed by atoms with Crippen molar-refractivity contribution in [2.75, 3.05) is 19.7 Å². The van der Waals surface area contributed by atoms with Crippen molar-refractivity contribution in [1.82, 2.24) is 10.2 Å². The molecule has 1 heterocycles. The van der Waals surface area contributed by atoms with Crippen molar-refractivity contribution in [2.24, 2.45) is 0 Å². The summed E-state index contributed by atoms with van der Waals surface area (Å²) < 4.78 is 5.51. The maximum absolute atomic E-state index is 12.6. The number of nitrogens with one attached hydrogen (secondary N) is 1. The molecule has 1 saturated heterocycles. The zero-order valence-electron chi connectivity index (χ0n) is 12.9. The summed E-state index contributed by atoms with van der Waals surface area (Å²) >= 11 is 5.82. The first-order chi connectivity index (χ1) is 11.6. The summed E-state index contributed by atoms with van der Waals surface area (Å²) in [6.45, 7) is 0.765. The summed E-state index contributed by atoms with van der Waals surface area (Å²) in [6.07, 6.45) is 0. The van der Waals surface area contributed by atoms with Crippen molar-refractivity contribution in [1.29, 1.82) is 0 Å². The van der Waals surface area contributed by atoms with E-state index in [1.54, 1.807) is 29.2 Å². The Bertz CT molecular complexity index is 719. The summed E-state index contributed by atoms with van der Waals surface area (Å²) in [5, 5.41) is 3.41. The normalized spacial score (nSPS) is 17.3. The molecule has 2 aromatic rings.